The molecular formula is C12H18N2O3. The first-order valence-electron chi connectivity index (χ1n) is 5.81. The van der Waals surface area contributed by atoms with Crippen molar-refractivity contribution in [3.8, 4) is 0 Å². The number of rotatable bonds is 3. The summed E-state index contributed by atoms with van der Waals surface area (Å²) >= 11 is 0. The summed E-state index contributed by atoms with van der Waals surface area (Å²) in [5, 5.41) is 3.38. The van der Waals surface area contributed by atoms with E-state index >= 15 is 0 Å². The maximum atomic E-state index is 11.5. The van der Waals surface area contributed by atoms with Gasteiger partial charge in [0.25, 0.3) is 0 Å². The van der Waals surface area contributed by atoms with Crippen molar-refractivity contribution < 1.29 is 13.9 Å². The van der Waals surface area contributed by atoms with E-state index in [-0.39, 0.29) is 5.97 Å². The molecule has 2 rings (SSSR count). The van der Waals surface area contributed by atoms with Crippen molar-refractivity contribution in [2.24, 2.45) is 0 Å². The minimum absolute atomic E-state index is 0.336. The summed E-state index contributed by atoms with van der Waals surface area (Å²) in [5.74, 6) is 0.350. The summed E-state index contributed by atoms with van der Waals surface area (Å²) in [7, 11) is 1.38. The molecule has 0 saturated carbocycles. The lowest BCUT2D eigenvalue weighted by molar-refractivity contribution is 0.0595. The maximum absolute atomic E-state index is 11.5. The average molecular weight is 238 g/mol. The Kier molecular flexibility index (Phi) is 3.81. The van der Waals surface area contributed by atoms with Gasteiger partial charge in [-0.3, -0.25) is 4.90 Å². The Morgan fingerprint density at radius 1 is 1.71 bits per heavy atom. The van der Waals surface area contributed by atoms with Crippen molar-refractivity contribution >= 4 is 5.97 Å². The molecule has 0 aromatic carbocycles. The molecule has 1 aliphatic rings. The van der Waals surface area contributed by atoms with E-state index in [2.05, 4.69) is 17.1 Å². The van der Waals surface area contributed by atoms with Crippen molar-refractivity contribution in [3.05, 3.63) is 23.7 Å². The lowest BCUT2D eigenvalue weighted by Crippen LogP contribution is -2.48. The molecule has 0 aliphatic carbocycles. The third-order valence-corrected chi connectivity index (χ3v) is 2.97. The minimum atomic E-state index is -0.336. The van der Waals surface area contributed by atoms with Crippen molar-refractivity contribution in [2.45, 2.75) is 19.5 Å². The van der Waals surface area contributed by atoms with Crippen molar-refractivity contribution in [1.82, 2.24) is 10.2 Å². The van der Waals surface area contributed by atoms with Crippen LogP contribution in [0.4, 0.5) is 0 Å². The molecule has 1 aliphatic heterocycles. The molecule has 0 bridgehead atoms. The van der Waals surface area contributed by atoms with E-state index in [1.807, 2.05) is 0 Å². The van der Waals surface area contributed by atoms with Gasteiger partial charge in [-0.2, -0.15) is 0 Å². The summed E-state index contributed by atoms with van der Waals surface area (Å²) in [4.78, 5) is 13.8. The largest absolute Gasteiger partial charge is 0.467 e. The van der Waals surface area contributed by atoms with E-state index in [0.29, 0.717) is 23.9 Å². The predicted octanol–water partition coefficient (Wildman–Crippen LogP) is 0.860. The highest BCUT2D eigenvalue weighted by Gasteiger charge is 2.21. The molecule has 1 N–H and O–H groups in total. The van der Waals surface area contributed by atoms with E-state index in [1.165, 1.54) is 13.4 Å². The van der Waals surface area contributed by atoms with Crippen LogP contribution in [0.1, 0.15) is 23.0 Å². The summed E-state index contributed by atoms with van der Waals surface area (Å²) in [6, 6.07) is 2.13. The molecule has 1 unspecified atom stereocenters. The summed E-state index contributed by atoms with van der Waals surface area (Å²) in [6.45, 7) is 5.70. The second-order valence-electron chi connectivity index (χ2n) is 4.34. The van der Waals surface area contributed by atoms with Gasteiger partial charge in [-0.25, -0.2) is 4.79 Å². The van der Waals surface area contributed by atoms with Gasteiger partial charge in [0.05, 0.1) is 19.9 Å². The van der Waals surface area contributed by atoms with Gasteiger partial charge in [0.15, 0.2) is 0 Å². The van der Waals surface area contributed by atoms with Gasteiger partial charge in [-0.15, -0.1) is 0 Å². The van der Waals surface area contributed by atoms with E-state index in [0.717, 1.165) is 19.6 Å². The molecular weight excluding hydrogens is 220 g/mol. The van der Waals surface area contributed by atoms with Crippen LogP contribution in [0.15, 0.2) is 16.7 Å². The van der Waals surface area contributed by atoms with E-state index in [9.17, 15) is 4.79 Å². The highest BCUT2D eigenvalue weighted by atomic mass is 16.5. The fraction of sp³-hybridized carbons (Fsp3) is 0.583. The second kappa shape index (κ2) is 5.33. The Bertz CT molecular complexity index is 389. The summed E-state index contributed by atoms with van der Waals surface area (Å²) in [5.41, 5.74) is 0.527. The lowest BCUT2D eigenvalue weighted by Gasteiger charge is -2.31. The first-order valence-corrected chi connectivity index (χ1v) is 5.81. The summed E-state index contributed by atoms with van der Waals surface area (Å²) < 4.78 is 10.1. The van der Waals surface area contributed by atoms with E-state index in [1.54, 1.807) is 6.07 Å². The molecule has 0 radical (unpaired) electrons. The molecule has 17 heavy (non-hydrogen) atoms. The highest BCUT2D eigenvalue weighted by molar-refractivity contribution is 5.90. The zero-order valence-electron chi connectivity index (χ0n) is 10.2. The molecule has 1 fully saturated rings. The number of furan rings is 1. The monoisotopic (exact) mass is 238 g/mol. The maximum Gasteiger partial charge on any atom is 0.341 e. The van der Waals surface area contributed by atoms with Crippen LogP contribution in [-0.2, 0) is 11.3 Å². The lowest BCUT2D eigenvalue weighted by atomic mass is 10.2. The van der Waals surface area contributed by atoms with Crippen LogP contribution >= 0.6 is 0 Å². The second-order valence-corrected chi connectivity index (χ2v) is 4.34. The molecule has 0 amide bonds. The third-order valence-electron chi connectivity index (χ3n) is 2.97. The van der Waals surface area contributed by atoms with Crippen LogP contribution < -0.4 is 5.32 Å². The summed E-state index contributed by atoms with van der Waals surface area (Å²) in [6.07, 6.45) is 1.53. The smallest absolute Gasteiger partial charge is 0.341 e. The number of methoxy groups -OCH3 is 1. The first kappa shape index (κ1) is 12.1. The van der Waals surface area contributed by atoms with Crippen LogP contribution in [0.2, 0.25) is 0 Å². The van der Waals surface area contributed by atoms with Crippen LogP contribution in [-0.4, -0.2) is 43.7 Å². The molecule has 1 aromatic heterocycles. The fourth-order valence-electron chi connectivity index (χ4n) is 2.11. The number of esters is 1. The molecule has 94 valence electrons. The fourth-order valence-corrected chi connectivity index (χ4v) is 2.11. The van der Waals surface area contributed by atoms with Gasteiger partial charge in [0.1, 0.15) is 11.3 Å². The quantitative estimate of drug-likeness (QED) is 0.791. The van der Waals surface area contributed by atoms with Gasteiger partial charge in [0.2, 0.25) is 0 Å². The molecule has 0 spiro atoms. The third kappa shape index (κ3) is 2.87. The normalized spacial score (nSPS) is 21.4. The molecule has 1 atom stereocenters. The van der Waals surface area contributed by atoms with Crippen molar-refractivity contribution in [1.29, 1.82) is 0 Å². The minimum Gasteiger partial charge on any atom is -0.467 e. The molecule has 2 heterocycles. The van der Waals surface area contributed by atoms with Crippen LogP contribution in [0, 0.1) is 0 Å². The first-order chi connectivity index (χ1) is 8.20. The number of nitrogens with zero attached hydrogens (tertiary/aromatic N) is 1. The topological polar surface area (TPSA) is 54.7 Å². The van der Waals surface area contributed by atoms with Crippen molar-refractivity contribution in [3.63, 3.8) is 0 Å². The van der Waals surface area contributed by atoms with E-state index < -0.39 is 0 Å². The van der Waals surface area contributed by atoms with Gasteiger partial charge in [-0.05, 0) is 13.0 Å². The van der Waals surface area contributed by atoms with Crippen LogP contribution in [0.3, 0.4) is 0 Å². The predicted molar refractivity (Wildman–Crippen MR) is 62.8 cm³/mol. The molecule has 5 heteroatoms. The molecule has 1 aromatic rings. The number of hydrogen-bond acceptors (Lipinski definition) is 5. The van der Waals surface area contributed by atoms with Gasteiger partial charge < -0.3 is 14.5 Å². The van der Waals surface area contributed by atoms with E-state index in [4.69, 9.17) is 9.15 Å². The zero-order valence-corrected chi connectivity index (χ0v) is 10.2. The standard InChI is InChI=1S/C12H18N2O3/c1-9-7-14(5-4-13-9)8-11-10(3-6-17-11)12(15)16-2/h3,6,9,13H,4-5,7-8H2,1-2H3. The number of hydrogen-bond donors (Lipinski definition) is 1. The number of piperazine rings is 1. The van der Waals surface area contributed by atoms with Crippen molar-refractivity contribution in [2.75, 3.05) is 26.7 Å². The molecule has 1 saturated heterocycles. The number of carbonyl (C=O) groups excluding carboxylic acids is 1. The van der Waals surface area contributed by atoms with Gasteiger partial charge in [-0.1, -0.05) is 0 Å². The Morgan fingerprint density at radius 2 is 2.53 bits per heavy atom. The number of carbonyl (C=O) groups is 1. The Labute approximate surface area is 101 Å². The van der Waals surface area contributed by atoms with Gasteiger partial charge >= 0.3 is 5.97 Å². The average Bonchev–Trinajstić information content (AvgIpc) is 2.76. The highest BCUT2D eigenvalue weighted by Crippen LogP contribution is 2.15. The van der Waals surface area contributed by atoms with Crippen LogP contribution in [0.5, 0.6) is 0 Å². The SMILES string of the molecule is COC(=O)c1ccoc1CN1CCNC(C)C1. The number of nitrogens with one attached hydrogen (secondary N) is 1. The molecule has 5 nitrogen and oxygen atoms in total. The van der Waals surface area contributed by atoms with Gasteiger partial charge in [0, 0.05) is 25.7 Å². The Balaban J connectivity index is 2.03. The van der Waals surface area contributed by atoms with Crippen LogP contribution in [0.25, 0.3) is 0 Å². The Morgan fingerprint density at radius 3 is 3.24 bits per heavy atom. The Hall–Kier alpha value is -1.33. The zero-order chi connectivity index (χ0) is 12.3. The number of ether oxygens (including phenoxy) is 1.